The van der Waals surface area contributed by atoms with Crippen molar-refractivity contribution in [3.8, 4) is 0 Å². The Bertz CT molecular complexity index is 308. The lowest BCUT2D eigenvalue weighted by atomic mass is 10.1. The summed E-state index contributed by atoms with van der Waals surface area (Å²) in [6, 6.07) is 0. The standard InChI is InChI=1S/C11H19FN2O2/c1-11(2,3)16-10(15)14-5-4-8(6-13)9(12)7-14/h4-7,13H2,1-3H3. The second kappa shape index (κ2) is 4.82. The zero-order chi connectivity index (χ0) is 12.3. The van der Waals surface area contributed by atoms with Gasteiger partial charge in [-0.2, -0.15) is 0 Å². The number of hydrogen-bond donors (Lipinski definition) is 1. The third-order valence-corrected chi connectivity index (χ3v) is 2.29. The lowest BCUT2D eigenvalue weighted by Crippen LogP contribution is -2.40. The fourth-order valence-corrected chi connectivity index (χ4v) is 1.46. The van der Waals surface area contributed by atoms with Crippen molar-refractivity contribution in [2.24, 2.45) is 5.73 Å². The molecule has 0 aromatic rings. The van der Waals surface area contributed by atoms with Crippen molar-refractivity contribution in [3.05, 3.63) is 11.4 Å². The number of ether oxygens (including phenoxy) is 1. The molecular weight excluding hydrogens is 211 g/mol. The SMILES string of the molecule is CC(C)(C)OC(=O)N1CCC(CN)=C(F)C1. The first-order valence-electron chi connectivity index (χ1n) is 5.38. The lowest BCUT2D eigenvalue weighted by molar-refractivity contribution is 0.0247. The normalized spacial score (nSPS) is 17.7. The molecule has 0 unspecified atom stereocenters. The monoisotopic (exact) mass is 230 g/mol. The van der Waals surface area contributed by atoms with Gasteiger partial charge in [0, 0.05) is 13.1 Å². The molecule has 0 atom stereocenters. The Balaban J connectivity index is 2.59. The van der Waals surface area contributed by atoms with E-state index in [4.69, 9.17) is 10.5 Å². The van der Waals surface area contributed by atoms with Crippen molar-refractivity contribution in [2.45, 2.75) is 32.8 Å². The zero-order valence-electron chi connectivity index (χ0n) is 10.0. The van der Waals surface area contributed by atoms with E-state index in [1.807, 2.05) is 0 Å². The van der Waals surface area contributed by atoms with E-state index in [1.165, 1.54) is 4.90 Å². The van der Waals surface area contributed by atoms with Crippen molar-refractivity contribution in [2.75, 3.05) is 19.6 Å². The van der Waals surface area contributed by atoms with Crippen LogP contribution >= 0.6 is 0 Å². The first-order chi connectivity index (χ1) is 7.33. The Morgan fingerprint density at radius 2 is 2.19 bits per heavy atom. The topological polar surface area (TPSA) is 55.6 Å². The van der Waals surface area contributed by atoms with Gasteiger partial charge < -0.3 is 15.4 Å². The van der Waals surface area contributed by atoms with Crippen LogP contribution in [0.15, 0.2) is 11.4 Å². The van der Waals surface area contributed by atoms with Gasteiger partial charge in [-0.3, -0.25) is 0 Å². The highest BCUT2D eigenvalue weighted by molar-refractivity contribution is 5.68. The molecule has 0 saturated heterocycles. The molecule has 16 heavy (non-hydrogen) atoms. The van der Waals surface area contributed by atoms with Crippen LogP contribution in [0.4, 0.5) is 9.18 Å². The minimum Gasteiger partial charge on any atom is -0.444 e. The summed E-state index contributed by atoms with van der Waals surface area (Å²) in [5, 5.41) is 0. The van der Waals surface area contributed by atoms with E-state index in [2.05, 4.69) is 0 Å². The third-order valence-electron chi connectivity index (χ3n) is 2.29. The van der Waals surface area contributed by atoms with E-state index < -0.39 is 11.7 Å². The highest BCUT2D eigenvalue weighted by Crippen LogP contribution is 2.20. The Labute approximate surface area is 95.2 Å². The largest absolute Gasteiger partial charge is 0.444 e. The Kier molecular flexibility index (Phi) is 3.91. The zero-order valence-corrected chi connectivity index (χ0v) is 10.0. The Hall–Kier alpha value is -1.10. The summed E-state index contributed by atoms with van der Waals surface area (Å²) in [5.74, 6) is -0.306. The molecule has 1 heterocycles. The molecule has 2 N–H and O–H groups in total. The number of hydrogen-bond acceptors (Lipinski definition) is 3. The molecule has 5 heteroatoms. The van der Waals surface area contributed by atoms with E-state index >= 15 is 0 Å². The van der Waals surface area contributed by atoms with E-state index in [0.717, 1.165) is 0 Å². The average Bonchev–Trinajstić information content (AvgIpc) is 2.15. The van der Waals surface area contributed by atoms with Crippen molar-refractivity contribution in [1.29, 1.82) is 0 Å². The molecule has 0 aromatic carbocycles. The summed E-state index contributed by atoms with van der Waals surface area (Å²) < 4.78 is 18.6. The smallest absolute Gasteiger partial charge is 0.410 e. The summed E-state index contributed by atoms with van der Waals surface area (Å²) >= 11 is 0. The highest BCUT2D eigenvalue weighted by Gasteiger charge is 2.26. The predicted molar refractivity (Wildman–Crippen MR) is 59.6 cm³/mol. The molecule has 1 amide bonds. The predicted octanol–water partition coefficient (Wildman–Crippen LogP) is 1.81. The molecule has 0 radical (unpaired) electrons. The van der Waals surface area contributed by atoms with Gasteiger partial charge in [0.15, 0.2) is 0 Å². The second-order valence-electron chi connectivity index (χ2n) is 4.86. The molecule has 0 spiro atoms. The van der Waals surface area contributed by atoms with E-state index in [0.29, 0.717) is 18.5 Å². The molecule has 0 fully saturated rings. The summed E-state index contributed by atoms with van der Waals surface area (Å²) in [5.41, 5.74) is 5.43. The van der Waals surface area contributed by atoms with Gasteiger partial charge in [-0.25, -0.2) is 9.18 Å². The summed E-state index contributed by atoms with van der Waals surface area (Å²) in [4.78, 5) is 13.0. The maximum atomic E-state index is 13.4. The molecule has 0 saturated carbocycles. The molecular formula is C11H19FN2O2. The summed E-state index contributed by atoms with van der Waals surface area (Å²) in [6.45, 7) is 6.01. The Morgan fingerprint density at radius 3 is 2.62 bits per heavy atom. The van der Waals surface area contributed by atoms with Gasteiger partial charge in [0.05, 0.1) is 6.54 Å². The maximum absolute atomic E-state index is 13.4. The maximum Gasteiger partial charge on any atom is 0.410 e. The fraction of sp³-hybridized carbons (Fsp3) is 0.727. The molecule has 0 aliphatic carbocycles. The third kappa shape index (κ3) is 3.48. The van der Waals surface area contributed by atoms with E-state index in [9.17, 15) is 9.18 Å². The van der Waals surface area contributed by atoms with Gasteiger partial charge in [-0.15, -0.1) is 0 Å². The van der Waals surface area contributed by atoms with Crippen molar-refractivity contribution < 1.29 is 13.9 Å². The number of carbonyl (C=O) groups excluding carboxylic acids is 1. The number of halogens is 1. The van der Waals surface area contributed by atoms with Crippen LogP contribution in [0.5, 0.6) is 0 Å². The van der Waals surface area contributed by atoms with Crippen LogP contribution in [0.3, 0.4) is 0 Å². The van der Waals surface area contributed by atoms with Crippen LogP contribution in [-0.4, -0.2) is 36.2 Å². The first kappa shape index (κ1) is 13.0. The van der Waals surface area contributed by atoms with E-state index in [-0.39, 0.29) is 18.9 Å². The number of nitrogens with two attached hydrogens (primary N) is 1. The quantitative estimate of drug-likeness (QED) is 0.747. The van der Waals surface area contributed by atoms with Gasteiger partial charge in [-0.1, -0.05) is 0 Å². The molecule has 1 aliphatic heterocycles. The minimum absolute atomic E-state index is 0.0263. The van der Waals surface area contributed by atoms with Crippen LogP contribution < -0.4 is 5.73 Å². The van der Waals surface area contributed by atoms with Crippen LogP contribution in [0.2, 0.25) is 0 Å². The van der Waals surface area contributed by atoms with Crippen LogP contribution in [0.25, 0.3) is 0 Å². The minimum atomic E-state index is -0.550. The van der Waals surface area contributed by atoms with Gasteiger partial charge in [-0.05, 0) is 32.8 Å². The van der Waals surface area contributed by atoms with Crippen LogP contribution in [-0.2, 0) is 4.74 Å². The molecule has 0 bridgehead atoms. The van der Waals surface area contributed by atoms with Crippen LogP contribution in [0, 0.1) is 0 Å². The molecule has 0 aromatic heterocycles. The number of carbonyl (C=O) groups is 1. The molecule has 92 valence electrons. The molecule has 1 rings (SSSR count). The Morgan fingerprint density at radius 1 is 1.56 bits per heavy atom. The molecule has 4 nitrogen and oxygen atoms in total. The molecule has 1 aliphatic rings. The van der Waals surface area contributed by atoms with E-state index in [1.54, 1.807) is 20.8 Å². The average molecular weight is 230 g/mol. The highest BCUT2D eigenvalue weighted by atomic mass is 19.1. The second-order valence-corrected chi connectivity index (χ2v) is 4.86. The van der Waals surface area contributed by atoms with Gasteiger partial charge in [0.2, 0.25) is 0 Å². The number of rotatable bonds is 1. The van der Waals surface area contributed by atoms with Crippen LogP contribution in [0.1, 0.15) is 27.2 Å². The number of nitrogens with zero attached hydrogens (tertiary/aromatic N) is 1. The van der Waals surface area contributed by atoms with Gasteiger partial charge in [0.1, 0.15) is 11.4 Å². The summed E-state index contributed by atoms with van der Waals surface area (Å²) in [6.07, 6.45) is 0.0143. The van der Waals surface area contributed by atoms with Crippen molar-refractivity contribution in [1.82, 2.24) is 4.90 Å². The van der Waals surface area contributed by atoms with Gasteiger partial charge in [0.25, 0.3) is 0 Å². The number of amides is 1. The van der Waals surface area contributed by atoms with Crippen molar-refractivity contribution in [3.63, 3.8) is 0 Å². The fourth-order valence-electron chi connectivity index (χ4n) is 1.46. The van der Waals surface area contributed by atoms with Crippen molar-refractivity contribution >= 4 is 6.09 Å². The lowest BCUT2D eigenvalue weighted by Gasteiger charge is -2.30. The summed E-state index contributed by atoms with van der Waals surface area (Å²) in [7, 11) is 0. The van der Waals surface area contributed by atoms with Gasteiger partial charge >= 0.3 is 6.09 Å². The first-order valence-corrected chi connectivity index (χ1v) is 5.38.